The number of hydrogen-bond acceptors (Lipinski definition) is 2. The molecule has 0 atom stereocenters. The molecule has 3 heterocycles. The standard InChI is InChI=1S/C29H23N3O/c1-29(2,3)32-24-16-15-18(17-25(24)31-23-13-6-5-12-22(23)30-28(31)32)19-10-8-11-21-20-9-4-7-14-26(20)33-27(19)21/h4-17H,1-3H3. The van der Waals surface area contributed by atoms with Crippen molar-refractivity contribution in [2.45, 2.75) is 26.3 Å². The average Bonchev–Trinajstić information content (AvgIpc) is 3.46. The van der Waals surface area contributed by atoms with E-state index in [0.717, 1.165) is 55.4 Å². The molecule has 3 aromatic heterocycles. The van der Waals surface area contributed by atoms with E-state index in [1.807, 2.05) is 18.2 Å². The predicted molar refractivity (Wildman–Crippen MR) is 136 cm³/mol. The lowest BCUT2D eigenvalue weighted by Gasteiger charge is -2.22. The van der Waals surface area contributed by atoms with E-state index in [4.69, 9.17) is 9.40 Å². The van der Waals surface area contributed by atoms with Gasteiger partial charge in [0.25, 0.3) is 0 Å². The second-order valence-electron chi connectivity index (χ2n) is 9.73. The fraction of sp³-hybridized carbons (Fsp3) is 0.138. The van der Waals surface area contributed by atoms with Crippen LogP contribution in [0, 0.1) is 0 Å². The zero-order valence-electron chi connectivity index (χ0n) is 18.8. The minimum Gasteiger partial charge on any atom is -0.455 e. The highest BCUT2D eigenvalue weighted by Crippen LogP contribution is 2.38. The van der Waals surface area contributed by atoms with Gasteiger partial charge in [-0.25, -0.2) is 4.98 Å². The molecule has 0 bridgehead atoms. The van der Waals surface area contributed by atoms with E-state index in [2.05, 4.69) is 96.5 Å². The van der Waals surface area contributed by atoms with Gasteiger partial charge in [0.05, 0.1) is 22.1 Å². The first-order valence-corrected chi connectivity index (χ1v) is 11.3. The van der Waals surface area contributed by atoms with Crippen LogP contribution in [0.1, 0.15) is 20.8 Å². The maximum absolute atomic E-state index is 6.33. The molecule has 0 unspecified atom stereocenters. The average molecular weight is 430 g/mol. The first kappa shape index (κ1) is 18.5. The molecule has 4 heteroatoms. The molecule has 0 N–H and O–H groups in total. The first-order valence-electron chi connectivity index (χ1n) is 11.3. The van der Waals surface area contributed by atoms with Crippen LogP contribution in [-0.4, -0.2) is 14.0 Å². The third kappa shape index (κ3) is 2.49. The summed E-state index contributed by atoms with van der Waals surface area (Å²) in [5.74, 6) is 0.970. The van der Waals surface area contributed by atoms with Crippen LogP contribution in [0.5, 0.6) is 0 Å². The predicted octanol–water partition coefficient (Wildman–Crippen LogP) is 7.76. The Balaban J connectivity index is 1.59. The van der Waals surface area contributed by atoms with Gasteiger partial charge in [-0.05, 0) is 56.7 Å². The van der Waals surface area contributed by atoms with E-state index in [1.54, 1.807) is 0 Å². The number of fused-ring (bicyclic) bond motifs is 8. The van der Waals surface area contributed by atoms with Gasteiger partial charge in [-0.2, -0.15) is 0 Å². The van der Waals surface area contributed by atoms with Crippen LogP contribution in [0.4, 0.5) is 0 Å². The number of benzene rings is 4. The largest absolute Gasteiger partial charge is 0.455 e. The van der Waals surface area contributed by atoms with Crippen LogP contribution >= 0.6 is 0 Å². The molecule has 0 aliphatic carbocycles. The molecule has 0 radical (unpaired) electrons. The zero-order valence-corrected chi connectivity index (χ0v) is 18.8. The minimum absolute atomic E-state index is 0.107. The Morgan fingerprint density at radius 3 is 2.39 bits per heavy atom. The lowest BCUT2D eigenvalue weighted by molar-refractivity contribution is 0.419. The normalized spacial score (nSPS) is 12.7. The summed E-state index contributed by atoms with van der Waals surface area (Å²) in [5.41, 5.74) is 8.45. The van der Waals surface area contributed by atoms with E-state index in [1.165, 1.54) is 5.52 Å². The van der Waals surface area contributed by atoms with Crippen molar-refractivity contribution in [3.05, 3.63) is 84.9 Å². The van der Waals surface area contributed by atoms with Crippen molar-refractivity contribution in [1.82, 2.24) is 14.0 Å². The number of furan rings is 1. The maximum Gasteiger partial charge on any atom is 0.216 e. The van der Waals surface area contributed by atoms with Crippen molar-refractivity contribution >= 4 is 49.8 Å². The molecule has 4 nitrogen and oxygen atoms in total. The Hall–Kier alpha value is -4.05. The fourth-order valence-electron chi connectivity index (χ4n) is 5.20. The SMILES string of the molecule is CC(C)(C)n1c2ccc(-c3cccc4c3oc3ccccc34)cc2n2c3ccccc3nc12. The molecule has 0 aliphatic heterocycles. The van der Waals surface area contributed by atoms with Crippen molar-refractivity contribution in [2.75, 3.05) is 0 Å². The van der Waals surface area contributed by atoms with Crippen LogP contribution < -0.4 is 0 Å². The van der Waals surface area contributed by atoms with Crippen molar-refractivity contribution in [2.24, 2.45) is 0 Å². The topological polar surface area (TPSA) is 35.4 Å². The number of rotatable bonds is 1. The summed E-state index contributed by atoms with van der Waals surface area (Å²) in [6, 6.07) is 29.7. The summed E-state index contributed by atoms with van der Waals surface area (Å²) in [7, 11) is 0. The number of para-hydroxylation sites is 4. The second kappa shape index (κ2) is 6.26. The van der Waals surface area contributed by atoms with Gasteiger partial charge >= 0.3 is 0 Å². The number of aromatic nitrogens is 3. The second-order valence-corrected chi connectivity index (χ2v) is 9.73. The van der Waals surface area contributed by atoms with Crippen molar-refractivity contribution in [1.29, 1.82) is 0 Å². The molecular weight excluding hydrogens is 406 g/mol. The Bertz CT molecular complexity index is 1860. The quantitative estimate of drug-likeness (QED) is 0.267. The highest BCUT2D eigenvalue weighted by molar-refractivity contribution is 6.10. The van der Waals surface area contributed by atoms with Gasteiger partial charge in [-0.3, -0.25) is 4.40 Å². The van der Waals surface area contributed by atoms with Gasteiger partial charge in [0.1, 0.15) is 11.2 Å². The van der Waals surface area contributed by atoms with E-state index in [9.17, 15) is 0 Å². The fourth-order valence-corrected chi connectivity index (χ4v) is 5.20. The van der Waals surface area contributed by atoms with E-state index in [0.29, 0.717) is 0 Å². The number of imidazole rings is 2. The molecule has 0 amide bonds. The molecule has 0 saturated carbocycles. The van der Waals surface area contributed by atoms with Crippen LogP contribution in [0.25, 0.3) is 60.9 Å². The molecule has 0 spiro atoms. The van der Waals surface area contributed by atoms with Crippen molar-refractivity contribution in [3.8, 4) is 11.1 Å². The Kier molecular flexibility index (Phi) is 3.51. The molecule has 7 aromatic rings. The number of hydrogen-bond donors (Lipinski definition) is 0. The van der Waals surface area contributed by atoms with Crippen molar-refractivity contribution < 1.29 is 4.42 Å². The molecule has 7 rings (SSSR count). The smallest absolute Gasteiger partial charge is 0.216 e. The summed E-state index contributed by atoms with van der Waals surface area (Å²) < 4.78 is 11.0. The first-order chi connectivity index (χ1) is 16.0. The lowest BCUT2D eigenvalue weighted by atomic mass is 10.0. The molecule has 0 aliphatic rings. The summed E-state index contributed by atoms with van der Waals surface area (Å²) in [6.45, 7) is 6.69. The molecule has 4 aromatic carbocycles. The monoisotopic (exact) mass is 429 g/mol. The van der Waals surface area contributed by atoms with E-state index in [-0.39, 0.29) is 5.54 Å². The van der Waals surface area contributed by atoms with Gasteiger partial charge in [0.15, 0.2) is 0 Å². The Morgan fingerprint density at radius 2 is 1.52 bits per heavy atom. The summed E-state index contributed by atoms with van der Waals surface area (Å²) in [5, 5.41) is 2.30. The van der Waals surface area contributed by atoms with Crippen LogP contribution in [-0.2, 0) is 5.54 Å². The van der Waals surface area contributed by atoms with Gasteiger partial charge in [0, 0.05) is 21.9 Å². The number of nitrogens with zero attached hydrogens (tertiary/aromatic N) is 3. The minimum atomic E-state index is -0.107. The summed E-state index contributed by atoms with van der Waals surface area (Å²) >= 11 is 0. The maximum atomic E-state index is 6.33. The molecule has 33 heavy (non-hydrogen) atoms. The zero-order chi connectivity index (χ0) is 22.3. The third-order valence-electron chi connectivity index (χ3n) is 6.59. The Labute approximate surface area is 190 Å². The molecule has 0 saturated heterocycles. The molecule has 160 valence electrons. The van der Waals surface area contributed by atoms with Gasteiger partial charge in [-0.1, -0.05) is 54.6 Å². The van der Waals surface area contributed by atoms with Gasteiger partial charge in [-0.15, -0.1) is 0 Å². The highest BCUT2D eigenvalue weighted by Gasteiger charge is 2.24. The molecular formula is C29H23N3O. The Morgan fingerprint density at radius 1 is 0.727 bits per heavy atom. The third-order valence-corrected chi connectivity index (χ3v) is 6.59. The van der Waals surface area contributed by atoms with Crippen LogP contribution in [0.3, 0.4) is 0 Å². The lowest BCUT2D eigenvalue weighted by Crippen LogP contribution is -2.21. The van der Waals surface area contributed by atoms with Gasteiger partial charge < -0.3 is 8.98 Å². The summed E-state index contributed by atoms with van der Waals surface area (Å²) in [4.78, 5) is 5.01. The van der Waals surface area contributed by atoms with E-state index >= 15 is 0 Å². The van der Waals surface area contributed by atoms with Crippen molar-refractivity contribution in [3.63, 3.8) is 0 Å². The van der Waals surface area contributed by atoms with E-state index < -0.39 is 0 Å². The highest BCUT2D eigenvalue weighted by atomic mass is 16.3. The van der Waals surface area contributed by atoms with Crippen LogP contribution in [0.2, 0.25) is 0 Å². The van der Waals surface area contributed by atoms with Crippen LogP contribution in [0.15, 0.2) is 89.3 Å². The summed E-state index contributed by atoms with van der Waals surface area (Å²) in [6.07, 6.45) is 0. The molecule has 0 fully saturated rings. The van der Waals surface area contributed by atoms with Gasteiger partial charge in [0.2, 0.25) is 5.78 Å².